The standard InChI is InChI=1S/C22H18F2N2O2/c1-13-6-7-14(2)19(12-13)25-21(27)15-8-10-16(11-9-15)22(28)26-20-17(23)4-3-5-18(20)24/h3-12H,1-2H3,(H,25,27)(H,26,28). The normalized spacial score (nSPS) is 10.4. The van der Waals surface area contributed by atoms with Gasteiger partial charge in [-0.25, -0.2) is 8.78 Å². The number of carbonyl (C=O) groups is 2. The fraction of sp³-hybridized carbons (Fsp3) is 0.0909. The highest BCUT2D eigenvalue weighted by Gasteiger charge is 2.14. The van der Waals surface area contributed by atoms with Crippen LogP contribution in [0, 0.1) is 25.5 Å². The molecule has 0 saturated carbocycles. The van der Waals surface area contributed by atoms with E-state index in [2.05, 4.69) is 10.6 Å². The topological polar surface area (TPSA) is 58.2 Å². The molecule has 0 fully saturated rings. The van der Waals surface area contributed by atoms with Crippen molar-refractivity contribution < 1.29 is 18.4 Å². The van der Waals surface area contributed by atoms with Gasteiger partial charge >= 0.3 is 0 Å². The molecular formula is C22H18F2N2O2. The van der Waals surface area contributed by atoms with Crippen LogP contribution >= 0.6 is 0 Å². The predicted octanol–water partition coefficient (Wildman–Crippen LogP) is 5.09. The number of para-hydroxylation sites is 1. The van der Waals surface area contributed by atoms with Crippen molar-refractivity contribution in [3.8, 4) is 0 Å². The molecule has 0 radical (unpaired) electrons. The van der Waals surface area contributed by atoms with Crippen molar-refractivity contribution in [2.24, 2.45) is 0 Å². The molecule has 0 unspecified atom stereocenters. The summed E-state index contributed by atoms with van der Waals surface area (Å²) in [6.45, 7) is 3.82. The molecule has 2 amide bonds. The summed E-state index contributed by atoms with van der Waals surface area (Å²) in [4.78, 5) is 24.7. The molecule has 0 aliphatic rings. The average Bonchev–Trinajstić information content (AvgIpc) is 2.67. The Kier molecular flexibility index (Phi) is 5.49. The van der Waals surface area contributed by atoms with Crippen molar-refractivity contribution in [1.29, 1.82) is 0 Å². The summed E-state index contributed by atoms with van der Waals surface area (Å²) < 4.78 is 27.3. The summed E-state index contributed by atoms with van der Waals surface area (Å²) in [5, 5.41) is 5.04. The number of benzene rings is 3. The predicted molar refractivity (Wildman–Crippen MR) is 105 cm³/mol. The van der Waals surface area contributed by atoms with Crippen LogP contribution in [-0.4, -0.2) is 11.8 Å². The summed E-state index contributed by atoms with van der Waals surface area (Å²) in [7, 11) is 0. The lowest BCUT2D eigenvalue weighted by Crippen LogP contribution is -2.16. The molecule has 0 bridgehead atoms. The number of halogens is 2. The first-order chi connectivity index (χ1) is 13.3. The highest BCUT2D eigenvalue weighted by molar-refractivity contribution is 6.07. The second kappa shape index (κ2) is 8.00. The molecule has 2 N–H and O–H groups in total. The zero-order valence-electron chi connectivity index (χ0n) is 15.3. The molecule has 0 atom stereocenters. The van der Waals surface area contributed by atoms with E-state index < -0.39 is 23.2 Å². The molecule has 142 valence electrons. The summed E-state index contributed by atoms with van der Waals surface area (Å²) >= 11 is 0. The molecule has 0 aliphatic carbocycles. The molecular weight excluding hydrogens is 362 g/mol. The number of anilines is 2. The van der Waals surface area contributed by atoms with Gasteiger partial charge in [0.15, 0.2) is 0 Å². The van der Waals surface area contributed by atoms with Crippen molar-refractivity contribution >= 4 is 23.2 Å². The van der Waals surface area contributed by atoms with Crippen molar-refractivity contribution in [2.75, 3.05) is 10.6 Å². The second-order valence-electron chi connectivity index (χ2n) is 6.40. The second-order valence-corrected chi connectivity index (χ2v) is 6.40. The Labute approximate surface area is 161 Å². The number of hydrogen-bond donors (Lipinski definition) is 2. The first kappa shape index (κ1) is 19.2. The van der Waals surface area contributed by atoms with Gasteiger partial charge in [-0.3, -0.25) is 9.59 Å². The van der Waals surface area contributed by atoms with Gasteiger partial charge in [0.25, 0.3) is 11.8 Å². The number of aryl methyl sites for hydroxylation is 2. The highest BCUT2D eigenvalue weighted by atomic mass is 19.1. The van der Waals surface area contributed by atoms with Gasteiger partial charge in [0.05, 0.1) is 0 Å². The van der Waals surface area contributed by atoms with Crippen LogP contribution in [0.4, 0.5) is 20.2 Å². The van der Waals surface area contributed by atoms with E-state index in [0.717, 1.165) is 23.3 Å². The number of hydrogen-bond acceptors (Lipinski definition) is 2. The molecule has 0 saturated heterocycles. The van der Waals surface area contributed by atoms with Crippen molar-refractivity contribution in [2.45, 2.75) is 13.8 Å². The molecule has 6 heteroatoms. The maximum atomic E-state index is 13.7. The van der Waals surface area contributed by atoms with Crippen molar-refractivity contribution in [1.82, 2.24) is 0 Å². The van der Waals surface area contributed by atoms with Crippen LogP contribution in [0.3, 0.4) is 0 Å². The molecule has 3 aromatic carbocycles. The zero-order valence-corrected chi connectivity index (χ0v) is 15.3. The van der Waals surface area contributed by atoms with Crippen LogP contribution in [0.25, 0.3) is 0 Å². The molecule has 28 heavy (non-hydrogen) atoms. The maximum Gasteiger partial charge on any atom is 0.255 e. The number of carbonyl (C=O) groups excluding carboxylic acids is 2. The fourth-order valence-corrected chi connectivity index (χ4v) is 2.64. The lowest BCUT2D eigenvalue weighted by molar-refractivity contribution is 0.101. The fourth-order valence-electron chi connectivity index (χ4n) is 2.64. The summed E-state index contributed by atoms with van der Waals surface area (Å²) in [5.74, 6) is -2.72. The van der Waals surface area contributed by atoms with E-state index in [4.69, 9.17) is 0 Å². The summed E-state index contributed by atoms with van der Waals surface area (Å²) in [6, 6.07) is 14.9. The van der Waals surface area contributed by atoms with Crippen molar-refractivity contribution in [3.63, 3.8) is 0 Å². The van der Waals surface area contributed by atoms with E-state index in [1.807, 2.05) is 32.0 Å². The largest absolute Gasteiger partial charge is 0.322 e. The van der Waals surface area contributed by atoms with Gasteiger partial charge in [-0.05, 0) is 67.4 Å². The Morgan fingerprint density at radius 3 is 1.86 bits per heavy atom. The van der Waals surface area contributed by atoms with Gasteiger partial charge < -0.3 is 10.6 Å². The van der Waals surface area contributed by atoms with Gasteiger partial charge in [0.2, 0.25) is 0 Å². The number of nitrogens with one attached hydrogen (secondary N) is 2. The number of rotatable bonds is 4. The Morgan fingerprint density at radius 2 is 1.29 bits per heavy atom. The smallest absolute Gasteiger partial charge is 0.255 e. The van der Waals surface area contributed by atoms with Crippen LogP contribution in [0.15, 0.2) is 60.7 Å². The third-order valence-corrected chi connectivity index (χ3v) is 4.25. The van der Waals surface area contributed by atoms with Gasteiger partial charge in [-0.15, -0.1) is 0 Å². The molecule has 0 aromatic heterocycles. The quantitative estimate of drug-likeness (QED) is 0.663. The van der Waals surface area contributed by atoms with E-state index in [1.54, 1.807) is 0 Å². The van der Waals surface area contributed by atoms with Crippen LogP contribution < -0.4 is 10.6 Å². The minimum atomic E-state index is -0.863. The molecule has 0 heterocycles. The summed E-state index contributed by atoms with van der Waals surface area (Å²) in [6.07, 6.45) is 0. The molecule has 3 aromatic rings. The van der Waals surface area contributed by atoms with E-state index in [9.17, 15) is 18.4 Å². The first-order valence-corrected chi connectivity index (χ1v) is 8.59. The van der Waals surface area contributed by atoms with E-state index in [1.165, 1.54) is 30.3 Å². The molecule has 3 rings (SSSR count). The van der Waals surface area contributed by atoms with Gasteiger partial charge in [0, 0.05) is 16.8 Å². The summed E-state index contributed by atoms with van der Waals surface area (Å²) in [5.41, 5.74) is 2.68. The minimum Gasteiger partial charge on any atom is -0.322 e. The lowest BCUT2D eigenvalue weighted by atomic mass is 10.1. The van der Waals surface area contributed by atoms with Gasteiger partial charge in [0.1, 0.15) is 17.3 Å². The SMILES string of the molecule is Cc1ccc(C)c(NC(=O)c2ccc(C(=O)Nc3c(F)cccc3F)cc2)c1. The minimum absolute atomic E-state index is 0.172. The average molecular weight is 380 g/mol. The van der Waals surface area contributed by atoms with Crippen LogP contribution in [0.5, 0.6) is 0 Å². The molecule has 4 nitrogen and oxygen atoms in total. The van der Waals surface area contributed by atoms with E-state index in [-0.39, 0.29) is 11.5 Å². The third kappa shape index (κ3) is 4.23. The Morgan fingerprint density at radius 1 is 0.750 bits per heavy atom. The molecule has 0 aliphatic heterocycles. The van der Waals surface area contributed by atoms with Crippen LogP contribution in [0.2, 0.25) is 0 Å². The Hall–Kier alpha value is -3.54. The zero-order chi connectivity index (χ0) is 20.3. The Balaban J connectivity index is 1.73. The molecule has 0 spiro atoms. The Bertz CT molecular complexity index is 1030. The third-order valence-electron chi connectivity index (χ3n) is 4.25. The first-order valence-electron chi connectivity index (χ1n) is 8.59. The van der Waals surface area contributed by atoms with E-state index in [0.29, 0.717) is 11.3 Å². The van der Waals surface area contributed by atoms with Crippen molar-refractivity contribution in [3.05, 3.63) is 94.6 Å². The van der Waals surface area contributed by atoms with Crippen LogP contribution in [-0.2, 0) is 0 Å². The maximum absolute atomic E-state index is 13.7. The van der Waals surface area contributed by atoms with Crippen LogP contribution in [0.1, 0.15) is 31.8 Å². The van der Waals surface area contributed by atoms with Gasteiger partial charge in [-0.1, -0.05) is 18.2 Å². The highest BCUT2D eigenvalue weighted by Crippen LogP contribution is 2.20. The van der Waals surface area contributed by atoms with Gasteiger partial charge in [-0.2, -0.15) is 0 Å². The monoisotopic (exact) mass is 380 g/mol. The van der Waals surface area contributed by atoms with E-state index >= 15 is 0 Å². The number of amides is 2. The lowest BCUT2D eigenvalue weighted by Gasteiger charge is -2.10.